The molecule has 0 aromatic heterocycles. The summed E-state index contributed by atoms with van der Waals surface area (Å²) in [5.74, 6) is -0.0540. The summed E-state index contributed by atoms with van der Waals surface area (Å²) in [7, 11) is 0. The van der Waals surface area contributed by atoms with Crippen molar-refractivity contribution in [2.45, 2.75) is 13.0 Å². The third-order valence-corrected chi connectivity index (χ3v) is 3.57. The number of para-hydroxylation sites is 1. The molecule has 2 nitrogen and oxygen atoms in total. The van der Waals surface area contributed by atoms with Crippen molar-refractivity contribution in [3.8, 4) is 5.75 Å². The first-order valence-corrected chi connectivity index (χ1v) is 6.85. The van der Waals surface area contributed by atoms with Gasteiger partial charge in [-0.05, 0) is 30.7 Å². The molecule has 2 rings (SSSR count). The molecule has 0 atom stereocenters. The molecule has 0 aliphatic rings. The third-order valence-electron chi connectivity index (χ3n) is 2.79. The molecule has 0 heterocycles. The van der Waals surface area contributed by atoms with Gasteiger partial charge in [0, 0.05) is 10.0 Å². The monoisotopic (exact) mass is 323 g/mol. The lowest BCUT2D eigenvalue weighted by atomic mass is 10.1. The van der Waals surface area contributed by atoms with Crippen LogP contribution < -0.4 is 10.5 Å². The molecule has 0 unspecified atom stereocenters. The van der Waals surface area contributed by atoms with Gasteiger partial charge in [0.05, 0.1) is 0 Å². The summed E-state index contributed by atoms with van der Waals surface area (Å²) in [6.07, 6.45) is 0.600. The maximum absolute atomic E-state index is 13.8. The Balaban J connectivity index is 2.17. The van der Waals surface area contributed by atoms with E-state index in [-0.39, 0.29) is 5.82 Å². The number of benzene rings is 2. The fourth-order valence-electron chi connectivity index (χ4n) is 1.83. The minimum absolute atomic E-state index is 0.295. The van der Waals surface area contributed by atoms with Gasteiger partial charge in [-0.15, -0.1) is 0 Å². The van der Waals surface area contributed by atoms with Gasteiger partial charge in [-0.25, -0.2) is 4.39 Å². The fraction of sp³-hybridized carbons (Fsp3) is 0.200. The predicted octanol–water partition coefficient (Wildman–Crippen LogP) is 3.67. The average molecular weight is 324 g/mol. The molecule has 0 amide bonds. The molecular formula is C15H15BrFNO. The van der Waals surface area contributed by atoms with Crippen molar-refractivity contribution in [2.24, 2.45) is 5.73 Å². The summed E-state index contributed by atoms with van der Waals surface area (Å²) in [6, 6.07) is 12.6. The zero-order chi connectivity index (χ0) is 13.7. The SMILES string of the molecule is NCCc1cccc(F)c1OCc1ccccc1Br. The summed E-state index contributed by atoms with van der Waals surface area (Å²) in [5, 5.41) is 0. The highest BCUT2D eigenvalue weighted by molar-refractivity contribution is 9.10. The zero-order valence-corrected chi connectivity index (χ0v) is 12.0. The van der Waals surface area contributed by atoms with E-state index in [1.165, 1.54) is 6.07 Å². The van der Waals surface area contributed by atoms with Gasteiger partial charge in [0.1, 0.15) is 6.61 Å². The molecule has 0 radical (unpaired) electrons. The first-order valence-electron chi connectivity index (χ1n) is 6.06. The van der Waals surface area contributed by atoms with E-state index in [9.17, 15) is 4.39 Å². The maximum Gasteiger partial charge on any atom is 0.165 e. The van der Waals surface area contributed by atoms with Crippen molar-refractivity contribution < 1.29 is 9.13 Å². The Bertz CT molecular complexity index is 560. The molecule has 2 aromatic carbocycles. The molecule has 2 aromatic rings. The van der Waals surface area contributed by atoms with Crippen molar-refractivity contribution in [3.05, 3.63) is 63.9 Å². The highest BCUT2D eigenvalue weighted by Crippen LogP contribution is 2.25. The van der Waals surface area contributed by atoms with E-state index in [0.717, 1.165) is 15.6 Å². The molecule has 19 heavy (non-hydrogen) atoms. The minimum atomic E-state index is -0.349. The quantitative estimate of drug-likeness (QED) is 0.911. The summed E-state index contributed by atoms with van der Waals surface area (Å²) >= 11 is 3.44. The Hall–Kier alpha value is -1.39. The van der Waals surface area contributed by atoms with Crippen molar-refractivity contribution in [1.82, 2.24) is 0 Å². The van der Waals surface area contributed by atoms with Gasteiger partial charge in [-0.2, -0.15) is 0 Å². The van der Waals surface area contributed by atoms with Crippen LogP contribution in [0.4, 0.5) is 4.39 Å². The summed E-state index contributed by atoms with van der Waals surface area (Å²) in [6.45, 7) is 0.786. The molecule has 100 valence electrons. The van der Waals surface area contributed by atoms with E-state index in [1.54, 1.807) is 6.07 Å². The molecule has 0 aliphatic heterocycles. The largest absolute Gasteiger partial charge is 0.486 e. The van der Waals surface area contributed by atoms with Crippen LogP contribution in [0.15, 0.2) is 46.9 Å². The minimum Gasteiger partial charge on any atom is -0.486 e. The standard InChI is InChI=1S/C15H15BrFNO/c16-13-6-2-1-4-12(13)10-19-15-11(8-9-18)5-3-7-14(15)17/h1-7H,8-10,18H2. The van der Waals surface area contributed by atoms with Crippen LogP contribution in [0.1, 0.15) is 11.1 Å². The second-order valence-electron chi connectivity index (χ2n) is 4.15. The first kappa shape index (κ1) is 14.0. The van der Waals surface area contributed by atoms with Gasteiger partial charge >= 0.3 is 0 Å². The number of rotatable bonds is 5. The van der Waals surface area contributed by atoms with Gasteiger partial charge in [-0.3, -0.25) is 0 Å². The maximum atomic E-state index is 13.8. The molecule has 0 saturated carbocycles. The average Bonchev–Trinajstić information content (AvgIpc) is 2.40. The molecule has 0 aliphatic carbocycles. The molecular weight excluding hydrogens is 309 g/mol. The Labute approximate surface area is 120 Å². The molecule has 4 heteroatoms. The number of ether oxygens (including phenoxy) is 1. The topological polar surface area (TPSA) is 35.2 Å². The number of nitrogens with two attached hydrogens (primary N) is 1. The molecule has 2 N–H and O–H groups in total. The van der Waals surface area contributed by atoms with Crippen LogP contribution in [0.2, 0.25) is 0 Å². The van der Waals surface area contributed by atoms with Crippen molar-refractivity contribution >= 4 is 15.9 Å². The Morgan fingerprint density at radius 2 is 1.79 bits per heavy atom. The van der Waals surface area contributed by atoms with Gasteiger partial charge in [0.15, 0.2) is 11.6 Å². The van der Waals surface area contributed by atoms with Crippen LogP contribution in [0.25, 0.3) is 0 Å². The summed E-state index contributed by atoms with van der Waals surface area (Å²) in [5.41, 5.74) is 7.30. The number of hydrogen-bond acceptors (Lipinski definition) is 2. The fourth-order valence-corrected chi connectivity index (χ4v) is 2.23. The van der Waals surface area contributed by atoms with Gasteiger partial charge in [0.2, 0.25) is 0 Å². The van der Waals surface area contributed by atoms with Crippen molar-refractivity contribution in [1.29, 1.82) is 0 Å². The second-order valence-corrected chi connectivity index (χ2v) is 5.00. The summed E-state index contributed by atoms with van der Waals surface area (Å²) in [4.78, 5) is 0. The molecule has 0 saturated heterocycles. The Morgan fingerprint density at radius 3 is 2.53 bits per heavy atom. The number of halogens is 2. The highest BCUT2D eigenvalue weighted by Gasteiger charge is 2.10. The van der Waals surface area contributed by atoms with Crippen LogP contribution >= 0.6 is 15.9 Å². The first-order chi connectivity index (χ1) is 9.22. The van der Waals surface area contributed by atoms with Crippen LogP contribution in [0.3, 0.4) is 0 Å². The van der Waals surface area contributed by atoms with Gasteiger partial charge in [-0.1, -0.05) is 46.3 Å². The highest BCUT2D eigenvalue weighted by atomic mass is 79.9. The normalized spacial score (nSPS) is 10.5. The van der Waals surface area contributed by atoms with Crippen molar-refractivity contribution in [3.63, 3.8) is 0 Å². The lowest BCUT2D eigenvalue weighted by molar-refractivity contribution is 0.286. The lowest BCUT2D eigenvalue weighted by Crippen LogP contribution is -2.07. The van der Waals surface area contributed by atoms with E-state index in [1.807, 2.05) is 30.3 Å². The van der Waals surface area contributed by atoms with Crippen LogP contribution in [-0.4, -0.2) is 6.54 Å². The van der Waals surface area contributed by atoms with E-state index < -0.39 is 0 Å². The lowest BCUT2D eigenvalue weighted by Gasteiger charge is -2.12. The van der Waals surface area contributed by atoms with Crippen LogP contribution in [0, 0.1) is 5.82 Å². The molecule has 0 spiro atoms. The van der Waals surface area contributed by atoms with E-state index in [2.05, 4.69) is 15.9 Å². The summed E-state index contributed by atoms with van der Waals surface area (Å²) < 4.78 is 20.4. The van der Waals surface area contributed by atoms with Gasteiger partial charge in [0.25, 0.3) is 0 Å². The molecule has 0 bridgehead atoms. The van der Waals surface area contributed by atoms with E-state index >= 15 is 0 Å². The van der Waals surface area contributed by atoms with Gasteiger partial charge < -0.3 is 10.5 Å². The number of hydrogen-bond donors (Lipinski definition) is 1. The van der Waals surface area contributed by atoms with Crippen LogP contribution in [0.5, 0.6) is 5.75 Å². The van der Waals surface area contributed by atoms with E-state index in [4.69, 9.17) is 10.5 Å². The zero-order valence-electron chi connectivity index (χ0n) is 10.4. The Kier molecular flexibility index (Phi) is 4.93. The van der Waals surface area contributed by atoms with E-state index in [0.29, 0.717) is 25.3 Å². The second kappa shape index (κ2) is 6.68. The van der Waals surface area contributed by atoms with Crippen molar-refractivity contribution in [2.75, 3.05) is 6.54 Å². The third kappa shape index (κ3) is 3.55. The molecule has 0 fully saturated rings. The Morgan fingerprint density at radius 1 is 1.05 bits per heavy atom. The smallest absolute Gasteiger partial charge is 0.165 e. The van der Waals surface area contributed by atoms with Crippen LogP contribution in [-0.2, 0) is 13.0 Å². The predicted molar refractivity (Wildman–Crippen MR) is 77.6 cm³/mol.